The van der Waals surface area contributed by atoms with Crippen molar-refractivity contribution in [1.29, 1.82) is 0 Å². The summed E-state index contributed by atoms with van der Waals surface area (Å²) >= 11 is 0. The number of rotatable bonds is 5. The second-order valence-corrected chi connectivity index (χ2v) is 5.28. The number of carbonyl (C=O) groups excluding carboxylic acids is 1. The lowest BCUT2D eigenvalue weighted by molar-refractivity contribution is -0.136. The van der Waals surface area contributed by atoms with E-state index in [-0.39, 0.29) is 11.3 Å². The number of carbonyl (C=O) groups is 2. The molecule has 0 heterocycles. The van der Waals surface area contributed by atoms with Crippen LogP contribution in [0, 0.1) is 0 Å². The Bertz CT molecular complexity index is 472. The van der Waals surface area contributed by atoms with Crippen LogP contribution in [0.1, 0.15) is 22.8 Å². The Morgan fingerprint density at radius 3 is 2.53 bits per heavy atom. The van der Waals surface area contributed by atoms with Crippen LogP contribution in [-0.2, 0) is 21.3 Å². The van der Waals surface area contributed by atoms with Crippen LogP contribution in [0.3, 0.4) is 0 Å². The zero-order valence-corrected chi connectivity index (χ0v) is 10.1. The topological polar surface area (TPSA) is 97.5 Å². The van der Waals surface area contributed by atoms with Gasteiger partial charge < -0.3 is 10.8 Å². The van der Waals surface area contributed by atoms with Crippen molar-refractivity contribution in [1.82, 2.24) is 0 Å². The van der Waals surface area contributed by atoms with E-state index in [1.165, 1.54) is 13.0 Å². The lowest BCUT2D eigenvalue weighted by atomic mass is 10.1. The number of carboxylic acids is 1. The SMILES string of the molecule is CC(C(=O)O)S(=O)Cc1ccccc1C(N)=O. The molecule has 1 amide bonds. The van der Waals surface area contributed by atoms with Crippen LogP contribution in [0.2, 0.25) is 0 Å². The van der Waals surface area contributed by atoms with E-state index in [0.29, 0.717) is 5.56 Å². The van der Waals surface area contributed by atoms with Crippen LogP contribution in [-0.4, -0.2) is 26.4 Å². The quantitative estimate of drug-likeness (QED) is 0.800. The summed E-state index contributed by atoms with van der Waals surface area (Å²) in [5.74, 6) is -1.73. The van der Waals surface area contributed by atoms with Crippen molar-refractivity contribution >= 4 is 22.7 Å². The number of benzene rings is 1. The summed E-state index contributed by atoms with van der Waals surface area (Å²) in [5, 5.41) is 7.75. The molecular formula is C11H13NO4S. The molecule has 0 spiro atoms. The minimum atomic E-state index is -1.58. The van der Waals surface area contributed by atoms with Crippen LogP contribution in [0.15, 0.2) is 24.3 Å². The molecule has 0 fully saturated rings. The molecule has 2 atom stereocenters. The fraction of sp³-hybridized carbons (Fsp3) is 0.273. The van der Waals surface area contributed by atoms with Gasteiger partial charge in [0.2, 0.25) is 5.91 Å². The predicted octanol–water partition coefficient (Wildman–Crippen LogP) is 0.507. The molecule has 1 aromatic rings. The van der Waals surface area contributed by atoms with Gasteiger partial charge in [0.1, 0.15) is 5.25 Å². The van der Waals surface area contributed by atoms with Gasteiger partial charge in [-0.15, -0.1) is 0 Å². The Morgan fingerprint density at radius 2 is 2.00 bits per heavy atom. The molecule has 3 N–H and O–H groups in total. The highest BCUT2D eigenvalue weighted by atomic mass is 32.2. The van der Waals surface area contributed by atoms with E-state index < -0.39 is 27.9 Å². The second kappa shape index (κ2) is 5.58. The fourth-order valence-corrected chi connectivity index (χ4v) is 2.31. The van der Waals surface area contributed by atoms with E-state index in [2.05, 4.69) is 0 Å². The smallest absolute Gasteiger partial charge is 0.318 e. The fourth-order valence-electron chi connectivity index (χ4n) is 1.28. The van der Waals surface area contributed by atoms with Gasteiger partial charge in [-0.3, -0.25) is 13.8 Å². The monoisotopic (exact) mass is 255 g/mol. The number of hydrogen-bond acceptors (Lipinski definition) is 3. The van der Waals surface area contributed by atoms with E-state index in [0.717, 1.165) is 0 Å². The van der Waals surface area contributed by atoms with Gasteiger partial charge >= 0.3 is 5.97 Å². The summed E-state index contributed by atoms with van der Waals surface area (Å²) < 4.78 is 11.7. The van der Waals surface area contributed by atoms with E-state index in [4.69, 9.17) is 10.8 Å². The summed E-state index contributed by atoms with van der Waals surface area (Å²) in [6, 6.07) is 6.48. The first kappa shape index (κ1) is 13.4. The van der Waals surface area contributed by atoms with E-state index in [1.54, 1.807) is 18.2 Å². The molecule has 0 aliphatic carbocycles. The number of nitrogens with two attached hydrogens (primary N) is 1. The predicted molar refractivity (Wildman–Crippen MR) is 63.9 cm³/mol. The molecule has 0 saturated carbocycles. The van der Waals surface area contributed by atoms with Crippen molar-refractivity contribution in [2.24, 2.45) is 5.73 Å². The highest BCUT2D eigenvalue weighted by molar-refractivity contribution is 7.85. The Hall–Kier alpha value is -1.69. The molecule has 0 aliphatic rings. The van der Waals surface area contributed by atoms with Gasteiger partial charge in [0, 0.05) is 16.4 Å². The number of hydrogen-bond donors (Lipinski definition) is 2. The van der Waals surface area contributed by atoms with Crippen molar-refractivity contribution < 1.29 is 18.9 Å². The van der Waals surface area contributed by atoms with Crippen LogP contribution in [0.25, 0.3) is 0 Å². The molecule has 5 nitrogen and oxygen atoms in total. The Kier molecular flexibility index (Phi) is 4.39. The Balaban J connectivity index is 2.92. The molecular weight excluding hydrogens is 242 g/mol. The maximum absolute atomic E-state index is 11.7. The lowest BCUT2D eigenvalue weighted by Gasteiger charge is -2.09. The van der Waals surface area contributed by atoms with Gasteiger partial charge in [-0.05, 0) is 18.6 Å². The van der Waals surface area contributed by atoms with Gasteiger partial charge in [-0.1, -0.05) is 18.2 Å². The number of carboxylic acid groups (broad SMARTS) is 1. The second-order valence-electron chi connectivity index (χ2n) is 3.53. The van der Waals surface area contributed by atoms with Gasteiger partial charge in [-0.2, -0.15) is 0 Å². The normalized spacial score (nSPS) is 13.9. The van der Waals surface area contributed by atoms with Crippen molar-refractivity contribution in [2.75, 3.05) is 0 Å². The first-order valence-electron chi connectivity index (χ1n) is 4.91. The number of primary amides is 1. The Labute approximate surface area is 101 Å². The van der Waals surface area contributed by atoms with Crippen molar-refractivity contribution in [2.45, 2.75) is 17.9 Å². The van der Waals surface area contributed by atoms with Crippen LogP contribution < -0.4 is 5.73 Å². The molecule has 0 aliphatic heterocycles. The standard InChI is InChI=1S/C11H13NO4S/c1-7(11(14)15)17(16)6-8-4-2-3-5-9(8)10(12)13/h2-5,7H,6H2,1H3,(H2,12,13)(H,14,15). The third-order valence-electron chi connectivity index (χ3n) is 2.32. The zero-order chi connectivity index (χ0) is 13.0. The summed E-state index contributed by atoms with van der Waals surface area (Å²) in [6.45, 7) is 1.37. The third-order valence-corrected chi connectivity index (χ3v) is 3.91. The molecule has 1 aromatic carbocycles. The highest BCUT2D eigenvalue weighted by Gasteiger charge is 2.20. The minimum absolute atomic E-state index is 0.00653. The first-order chi connectivity index (χ1) is 7.93. The summed E-state index contributed by atoms with van der Waals surface area (Å²) in [6.07, 6.45) is 0. The maximum Gasteiger partial charge on any atom is 0.318 e. The highest BCUT2D eigenvalue weighted by Crippen LogP contribution is 2.12. The van der Waals surface area contributed by atoms with Gasteiger partial charge in [0.25, 0.3) is 0 Å². The van der Waals surface area contributed by atoms with Crippen molar-refractivity contribution in [3.8, 4) is 0 Å². The van der Waals surface area contributed by atoms with Crippen LogP contribution >= 0.6 is 0 Å². The zero-order valence-electron chi connectivity index (χ0n) is 9.25. The van der Waals surface area contributed by atoms with Crippen LogP contribution in [0.4, 0.5) is 0 Å². The largest absolute Gasteiger partial charge is 0.480 e. The average molecular weight is 255 g/mol. The minimum Gasteiger partial charge on any atom is -0.480 e. The maximum atomic E-state index is 11.7. The van der Waals surface area contributed by atoms with Gasteiger partial charge in [-0.25, -0.2) is 0 Å². The first-order valence-corrected chi connectivity index (χ1v) is 6.29. The Morgan fingerprint density at radius 1 is 1.41 bits per heavy atom. The van der Waals surface area contributed by atoms with Gasteiger partial charge in [0.05, 0.1) is 5.75 Å². The molecule has 92 valence electrons. The molecule has 6 heteroatoms. The summed E-state index contributed by atoms with van der Waals surface area (Å²) in [7, 11) is -1.58. The number of amides is 1. The molecule has 0 saturated heterocycles. The molecule has 1 rings (SSSR count). The molecule has 0 aromatic heterocycles. The number of aliphatic carboxylic acids is 1. The summed E-state index contributed by atoms with van der Waals surface area (Å²) in [5.41, 5.74) is 5.95. The average Bonchev–Trinajstić information content (AvgIpc) is 2.28. The van der Waals surface area contributed by atoms with E-state index in [1.807, 2.05) is 0 Å². The summed E-state index contributed by atoms with van der Waals surface area (Å²) in [4.78, 5) is 21.8. The third kappa shape index (κ3) is 3.39. The molecule has 0 radical (unpaired) electrons. The van der Waals surface area contributed by atoms with E-state index in [9.17, 15) is 13.8 Å². The van der Waals surface area contributed by atoms with Crippen LogP contribution in [0.5, 0.6) is 0 Å². The molecule has 0 bridgehead atoms. The van der Waals surface area contributed by atoms with E-state index >= 15 is 0 Å². The van der Waals surface area contributed by atoms with Gasteiger partial charge in [0.15, 0.2) is 0 Å². The lowest BCUT2D eigenvalue weighted by Crippen LogP contribution is -2.24. The molecule has 17 heavy (non-hydrogen) atoms. The van der Waals surface area contributed by atoms with Crippen molar-refractivity contribution in [3.63, 3.8) is 0 Å². The molecule has 2 unspecified atom stereocenters. The van der Waals surface area contributed by atoms with Crippen molar-refractivity contribution in [3.05, 3.63) is 35.4 Å².